The molecular formula is C19H17N3O5S2. The molecular weight excluding hydrogens is 414 g/mol. The van der Waals surface area contributed by atoms with Gasteiger partial charge in [0.1, 0.15) is 20.7 Å². The van der Waals surface area contributed by atoms with Crippen LogP contribution >= 0.6 is 11.8 Å². The quantitative estimate of drug-likeness (QED) is 0.559. The number of benzene rings is 1. The highest BCUT2D eigenvalue weighted by atomic mass is 32.2. The number of rotatable bonds is 8. The van der Waals surface area contributed by atoms with Crippen LogP contribution in [-0.4, -0.2) is 36.6 Å². The van der Waals surface area contributed by atoms with Crippen LogP contribution in [0.25, 0.3) is 0 Å². The number of pyridine rings is 2. The Morgan fingerprint density at radius 1 is 1.10 bits per heavy atom. The molecule has 2 heterocycles. The van der Waals surface area contributed by atoms with Crippen LogP contribution in [0.3, 0.4) is 0 Å². The van der Waals surface area contributed by atoms with Gasteiger partial charge in [0.2, 0.25) is 0 Å². The second-order valence-corrected chi connectivity index (χ2v) is 8.51. The zero-order valence-corrected chi connectivity index (χ0v) is 16.9. The van der Waals surface area contributed by atoms with Crippen molar-refractivity contribution in [2.75, 3.05) is 11.8 Å². The molecule has 0 aliphatic rings. The fourth-order valence-corrected chi connectivity index (χ4v) is 4.51. The Hall–Kier alpha value is -3.11. The number of hydrogen-bond acceptors (Lipinski definition) is 7. The van der Waals surface area contributed by atoms with Crippen LogP contribution in [-0.2, 0) is 21.2 Å². The molecule has 0 atom stereocenters. The van der Waals surface area contributed by atoms with Crippen LogP contribution in [0.4, 0.5) is 5.69 Å². The third kappa shape index (κ3) is 5.46. The van der Waals surface area contributed by atoms with Gasteiger partial charge in [0, 0.05) is 12.4 Å². The molecule has 150 valence electrons. The largest absolute Gasteiger partial charge is 0.495 e. The van der Waals surface area contributed by atoms with Crippen molar-refractivity contribution >= 4 is 33.4 Å². The van der Waals surface area contributed by atoms with Crippen LogP contribution in [0, 0.1) is 0 Å². The summed E-state index contributed by atoms with van der Waals surface area (Å²) in [6.45, 7) is 0. The van der Waals surface area contributed by atoms with Gasteiger partial charge >= 0.3 is 5.97 Å². The molecule has 0 saturated carbocycles. The van der Waals surface area contributed by atoms with Crippen molar-refractivity contribution in [1.82, 2.24) is 9.97 Å². The number of anilines is 1. The number of ether oxygens (including phenoxy) is 1. The van der Waals surface area contributed by atoms with E-state index in [1.54, 1.807) is 18.3 Å². The van der Waals surface area contributed by atoms with Crippen molar-refractivity contribution in [2.45, 2.75) is 21.4 Å². The molecule has 0 spiro atoms. The Labute approximate surface area is 172 Å². The topological polar surface area (TPSA) is 118 Å². The number of carbonyl (C=O) groups is 1. The van der Waals surface area contributed by atoms with Gasteiger partial charge in [-0.15, -0.1) is 0 Å². The molecule has 0 amide bonds. The van der Waals surface area contributed by atoms with Crippen molar-refractivity contribution in [2.24, 2.45) is 0 Å². The van der Waals surface area contributed by atoms with E-state index in [9.17, 15) is 13.2 Å². The molecule has 2 N–H and O–H groups in total. The maximum atomic E-state index is 12.9. The van der Waals surface area contributed by atoms with Gasteiger partial charge in [-0.3, -0.25) is 9.52 Å². The average molecular weight is 431 g/mol. The Kier molecular flexibility index (Phi) is 6.35. The Balaban J connectivity index is 1.87. The van der Waals surface area contributed by atoms with Gasteiger partial charge < -0.3 is 9.84 Å². The van der Waals surface area contributed by atoms with E-state index in [2.05, 4.69) is 14.7 Å². The van der Waals surface area contributed by atoms with Crippen molar-refractivity contribution in [3.8, 4) is 5.75 Å². The maximum Gasteiger partial charge on any atom is 0.307 e. The Morgan fingerprint density at radius 3 is 2.59 bits per heavy atom. The maximum absolute atomic E-state index is 12.9. The Bertz CT molecular complexity index is 1120. The zero-order chi connectivity index (χ0) is 20.9. The SMILES string of the molecule is COc1ccc(CC(=O)O)cc1S(=O)(=O)Nc1ccnc(Sc2ccccn2)c1. The van der Waals surface area contributed by atoms with Gasteiger partial charge in [-0.25, -0.2) is 18.4 Å². The number of nitrogens with one attached hydrogen (secondary N) is 1. The first kappa shape index (κ1) is 20.6. The average Bonchev–Trinajstić information content (AvgIpc) is 2.68. The summed E-state index contributed by atoms with van der Waals surface area (Å²) in [5.74, 6) is -0.944. The zero-order valence-electron chi connectivity index (χ0n) is 15.3. The minimum atomic E-state index is -4.02. The van der Waals surface area contributed by atoms with Crippen LogP contribution < -0.4 is 9.46 Å². The molecule has 1 aromatic carbocycles. The van der Waals surface area contributed by atoms with Crippen LogP contribution in [0.5, 0.6) is 5.75 Å². The summed E-state index contributed by atoms with van der Waals surface area (Å²) >= 11 is 1.29. The molecule has 0 radical (unpaired) electrons. The summed E-state index contributed by atoms with van der Waals surface area (Å²) in [4.78, 5) is 19.2. The standard InChI is InChI=1S/C19H17N3O5S2/c1-27-15-6-5-13(11-19(23)24)10-16(15)29(25,26)22-14-7-9-21-18(12-14)28-17-4-2-3-8-20-17/h2-10,12H,11H2,1H3,(H,21,22)(H,23,24). The summed E-state index contributed by atoms with van der Waals surface area (Å²) < 4.78 is 33.4. The summed E-state index contributed by atoms with van der Waals surface area (Å²) in [7, 11) is -2.68. The van der Waals surface area contributed by atoms with Gasteiger partial charge in [0.15, 0.2) is 0 Å². The first-order chi connectivity index (χ1) is 13.9. The van der Waals surface area contributed by atoms with Gasteiger partial charge in [-0.1, -0.05) is 23.9 Å². The van der Waals surface area contributed by atoms with E-state index >= 15 is 0 Å². The van der Waals surface area contributed by atoms with Crippen molar-refractivity contribution in [1.29, 1.82) is 0 Å². The first-order valence-electron chi connectivity index (χ1n) is 8.34. The fourth-order valence-electron chi connectivity index (χ4n) is 2.47. The number of sulfonamides is 1. The number of aromatic nitrogens is 2. The van der Waals surface area contributed by atoms with Gasteiger partial charge in [-0.2, -0.15) is 0 Å². The van der Waals surface area contributed by atoms with Crippen molar-refractivity contribution in [3.63, 3.8) is 0 Å². The Morgan fingerprint density at radius 2 is 1.90 bits per heavy atom. The summed E-state index contributed by atoms with van der Waals surface area (Å²) in [6.07, 6.45) is 2.85. The lowest BCUT2D eigenvalue weighted by molar-refractivity contribution is -0.136. The normalized spacial score (nSPS) is 11.1. The predicted molar refractivity (Wildman–Crippen MR) is 108 cm³/mol. The molecule has 0 saturated heterocycles. The lowest BCUT2D eigenvalue weighted by atomic mass is 10.1. The van der Waals surface area contributed by atoms with E-state index in [0.717, 1.165) is 5.03 Å². The second kappa shape index (κ2) is 8.93. The fraction of sp³-hybridized carbons (Fsp3) is 0.105. The monoisotopic (exact) mass is 431 g/mol. The molecule has 3 rings (SSSR count). The van der Waals surface area contributed by atoms with Gasteiger partial charge in [-0.05, 0) is 42.0 Å². The van der Waals surface area contributed by atoms with E-state index < -0.39 is 16.0 Å². The molecule has 3 aromatic rings. The molecule has 0 aliphatic heterocycles. The van der Waals surface area contributed by atoms with E-state index in [1.165, 1.54) is 49.3 Å². The van der Waals surface area contributed by atoms with Gasteiger partial charge in [0.05, 0.1) is 19.2 Å². The molecule has 0 unspecified atom stereocenters. The number of methoxy groups -OCH3 is 1. The first-order valence-corrected chi connectivity index (χ1v) is 10.6. The summed E-state index contributed by atoms with van der Waals surface area (Å²) in [6, 6.07) is 12.8. The lowest BCUT2D eigenvalue weighted by Crippen LogP contribution is -2.15. The van der Waals surface area contributed by atoms with E-state index in [1.807, 2.05) is 12.1 Å². The number of carboxylic acids is 1. The van der Waals surface area contributed by atoms with Crippen LogP contribution in [0.2, 0.25) is 0 Å². The smallest absolute Gasteiger partial charge is 0.307 e. The number of nitrogens with zero attached hydrogens (tertiary/aromatic N) is 2. The molecule has 29 heavy (non-hydrogen) atoms. The number of hydrogen-bond donors (Lipinski definition) is 2. The minimum absolute atomic E-state index is 0.115. The van der Waals surface area contributed by atoms with Crippen molar-refractivity contribution in [3.05, 3.63) is 66.5 Å². The van der Waals surface area contributed by atoms with E-state index in [-0.39, 0.29) is 17.1 Å². The molecule has 0 fully saturated rings. The predicted octanol–water partition coefficient (Wildman–Crippen LogP) is 3.06. The molecule has 10 heteroatoms. The summed E-state index contributed by atoms with van der Waals surface area (Å²) in [5.41, 5.74) is 0.656. The third-order valence-corrected chi connectivity index (χ3v) is 5.99. The highest BCUT2D eigenvalue weighted by Crippen LogP contribution is 2.29. The summed E-state index contributed by atoms with van der Waals surface area (Å²) in [5, 5.41) is 10.3. The number of carboxylic acid groups (broad SMARTS) is 1. The molecule has 2 aromatic heterocycles. The minimum Gasteiger partial charge on any atom is -0.495 e. The third-order valence-electron chi connectivity index (χ3n) is 3.71. The lowest BCUT2D eigenvalue weighted by Gasteiger charge is -2.13. The van der Waals surface area contributed by atoms with E-state index in [0.29, 0.717) is 16.3 Å². The highest BCUT2D eigenvalue weighted by molar-refractivity contribution is 7.99. The van der Waals surface area contributed by atoms with Gasteiger partial charge in [0.25, 0.3) is 10.0 Å². The number of aliphatic carboxylic acids is 1. The second-order valence-electron chi connectivity index (χ2n) is 5.81. The molecule has 0 bridgehead atoms. The molecule has 0 aliphatic carbocycles. The van der Waals surface area contributed by atoms with Crippen LogP contribution in [0.1, 0.15) is 5.56 Å². The van der Waals surface area contributed by atoms with Crippen LogP contribution in [0.15, 0.2) is 75.9 Å². The molecule has 8 nitrogen and oxygen atoms in total. The van der Waals surface area contributed by atoms with E-state index in [4.69, 9.17) is 9.84 Å². The highest BCUT2D eigenvalue weighted by Gasteiger charge is 2.21. The van der Waals surface area contributed by atoms with Crippen molar-refractivity contribution < 1.29 is 23.1 Å².